The molecule has 18 heavy (non-hydrogen) atoms. The first kappa shape index (κ1) is 14.0. The van der Waals surface area contributed by atoms with Crippen molar-refractivity contribution in [1.82, 2.24) is 5.32 Å². The van der Waals surface area contributed by atoms with E-state index in [4.69, 9.17) is 5.11 Å². The monoisotopic (exact) mass is 252 g/mol. The van der Waals surface area contributed by atoms with E-state index in [1.165, 1.54) is 12.1 Å². The molecule has 6 nitrogen and oxygen atoms in total. The fourth-order valence-electron chi connectivity index (χ4n) is 1.30. The SMILES string of the molecule is CCC(CO)NC(=O)C(=O)Nc1cccc(O)c1. The van der Waals surface area contributed by atoms with Gasteiger partial charge in [0.15, 0.2) is 0 Å². The van der Waals surface area contributed by atoms with Gasteiger partial charge in [0.05, 0.1) is 12.6 Å². The van der Waals surface area contributed by atoms with E-state index in [1.54, 1.807) is 19.1 Å². The average molecular weight is 252 g/mol. The number of carbonyl (C=O) groups is 2. The van der Waals surface area contributed by atoms with Crippen LogP contribution in [0.2, 0.25) is 0 Å². The number of phenolic OH excluding ortho intramolecular Hbond substituents is 1. The van der Waals surface area contributed by atoms with Crippen LogP contribution in [0.5, 0.6) is 5.75 Å². The molecule has 0 aromatic heterocycles. The van der Waals surface area contributed by atoms with Crippen LogP contribution in [0, 0.1) is 0 Å². The van der Waals surface area contributed by atoms with Crippen LogP contribution in [0.1, 0.15) is 13.3 Å². The van der Waals surface area contributed by atoms with Crippen molar-refractivity contribution in [2.24, 2.45) is 0 Å². The summed E-state index contributed by atoms with van der Waals surface area (Å²) in [6.07, 6.45) is 0.529. The van der Waals surface area contributed by atoms with Gasteiger partial charge in [-0.15, -0.1) is 0 Å². The smallest absolute Gasteiger partial charge is 0.313 e. The molecule has 6 heteroatoms. The quantitative estimate of drug-likeness (QED) is 0.576. The van der Waals surface area contributed by atoms with Gasteiger partial charge < -0.3 is 20.8 Å². The molecule has 0 heterocycles. The number of rotatable bonds is 4. The fourth-order valence-corrected chi connectivity index (χ4v) is 1.30. The Hall–Kier alpha value is -2.08. The first-order valence-electron chi connectivity index (χ1n) is 5.58. The zero-order valence-electron chi connectivity index (χ0n) is 10.0. The Bertz CT molecular complexity index is 430. The van der Waals surface area contributed by atoms with Crippen molar-refractivity contribution in [3.05, 3.63) is 24.3 Å². The predicted molar refractivity (Wildman–Crippen MR) is 66.0 cm³/mol. The number of carbonyl (C=O) groups excluding carboxylic acids is 2. The molecule has 1 aromatic rings. The molecule has 1 rings (SSSR count). The number of aliphatic hydroxyl groups excluding tert-OH is 1. The van der Waals surface area contributed by atoms with Crippen molar-refractivity contribution < 1.29 is 19.8 Å². The third kappa shape index (κ3) is 4.06. The lowest BCUT2D eigenvalue weighted by molar-refractivity contribution is -0.136. The van der Waals surface area contributed by atoms with Crippen molar-refractivity contribution in [3.8, 4) is 5.75 Å². The molecule has 4 N–H and O–H groups in total. The van der Waals surface area contributed by atoms with Crippen molar-refractivity contribution in [2.75, 3.05) is 11.9 Å². The van der Waals surface area contributed by atoms with Crippen LogP contribution >= 0.6 is 0 Å². The first-order chi connectivity index (χ1) is 8.56. The summed E-state index contributed by atoms with van der Waals surface area (Å²) < 4.78 is 0. The van der Waals surface area contributed by atoms with Crippen LogP contribution in [-0.4, -0.2) is 34.7 Å². The standard InChI is InChI=1S/C12H16N2O4/c1-2-8(7-15)13-11(17)12(18)14-9-4-3-5-10(16)6-9/h3-6,8,15-16H,2,7H2,1H3,(H,13,17)(H,14,18). The minimum Gasteiger partial charge on any atom is -0.508 e. The second-order valence-electron chi connectivity index (χ2n) is 3.77. The van der Waals surface area contributed by atoms with E-state index in [0.717, 1.165) is 0 Å². The highest BCUT2D eigenvalue weighted by molar-refractivity contribution is 6.39. The van der Waals surface area contributed by atoms with E-state index in [9.17, 15) is 14.7 Å². The molecule has 0 aliphatic carbocycles. The summed E-state index contributed by atoms with van der Waals surface area (Å²) in [6.45, 7) is 1.57. The Labute approximate surface area is 105 Å². The summed E-state index contributed by atoms with van der Waals surface area (Å²) in [7, 11) is 0. The van der Waals surface area contributed by atoms with Gasteiger partial charge in [-0.2, -0.15) is 0 Å². The highest BCUT2D eigenvalue weighted by Gasteiger charge is 2.17. The summed E-state index contributed by atoms with van der Waals surface area (Å²) in [5, 5.41) is 22.8. The highest BCUT2D eigenvalue weighted by Crippen LogP contribution is 2.14. The Morgan fingerprint density at radius 3 is 2.61 bits per heavy atom. The van der Waals surface area contributed by atoms with Crippen LogP contribution in [0.15, 0.2) is 24.3 Å². The van der Waals surface area contributed by atoms with Crippen molar-refractivity contribution in [3.63, 3.8) is 0 Å². The van der Waals surface area contributed by atoms with Gasteiger partial charge in [-0.25, -0.2) is 0 Å². The van der Waals surface area contributed by atoms with E-state index in [-0.39, 0.29) is 12.4 Å². The zero-order valence-corrected chi connectivity index (χ0v) is 10.0. The maximum Gasteiger partial charge on any atom is 0.313 e. The van der Waals surface area contributed by atoms with E-state index in [0.29, 0.717) is 12.1 Å². The van der Waals surface area contributed by atoms with E-state index < -0.39 is 17.9 Å². The topological polar surface area (TPSA) is 98.7 Å². The number of hydrogen-bond acceptors (Lipinski definition) is 4. The molecule has 0 saturated heterocycles. The van der Waals surface area contributed by atoms with E-state index >= 15 is 0 Å². The van der Waals surface area contributed by atoms with E-state index in [2.05, 4.69) is 10.6 Å². The number of hydrogen-bond donors (Lipinski definition) is 4. The summed E-state index contributed by atoms with van der Waals surface area (Å²) in [5.41, 5.74) is 0.326. The lowest BCUT2D eigenvalue weighted by Crippen LogP contribution is -2.43. The molecule has 0 spiro atoms. The number of anilines is 1. The molecule has 0 bridgehead atoms. The lowest BCUT2D eigenvalue weighted by atomic mass is 10.2. The molecule has 1 aromatic carbocycles. The van der Waals surface area contributed by atoms with Gasteiger partial charge >= 0.3 is 11.8 Å². The fraction of sp³-hybridized carbons (Fsp3) is 0.333. The van der Waals surface area contributed by atoms with E-state index in [1.807, 2.05) is 0 Å². The second-order valence-corrected chi connectivity index (χ2v) is 3.77. The molecular formula is C12H16N2O4. The maximum atomic E-state index is 11.5. The van der Waals surface area contributed by atoms with Crippen LogP contribution in [0.25, 0.3) is 0 Å². The van der Waals surface area contributed by atoms with Crippen LogP contribution in [0.3, 0.4) is 0 Å². The summed E-state index contributed by atoms with van der Waals surface area (Å²) in [4.78, 5) is 23.0. The zero-order chi connectivity index (χ0) is 13.5. The molecule has 0 aliphatic heterocycles. The number of amides is 2. The summed E-state index contributed by atoms with van der Waals surface area (Å²) in [5.74, 6) is -1.67. The molecule has 0 radical (unpaired) electrons. The molecule has 2 amide bonds. The maximum absolute atomic E-state index is 11.5. The summed E-state index contributed by atoms with van der Waals surface area (Å²) in [6, 6.07) is 5.44. The molecule has 1 unspecified atom stereocenters. The lowest BCUT2D eigenvalue weighted by Gasteiger charge is -2.13. The molecule has 0 saturated carbocycles. The van der Waals surface area contributed by atoms with Gasteiger partial charge in [-0.3, -0.25) is 9.59 Å². The minimum atomic E-state index is -0.840. The molecule has 0 fully saturated rings. The van der Waals surface area contributed by atoms with Crippen LogP contribution < -0.4 is 10.6 Å². The summed E-state index contributed by atoms with van der Waals surface area (Å²) >= 11 is 0. The van der Waals surface area contributed by atoms with Gasteiger partial charge in [0.25, 0.3) is 0 Å². The molecular weight excluding hydrogens is 236 g/mol. The van der Waals surface area contributed by atoms with Crippen molar-refractivity contribution in [1.29, 1.82) is 0 Å². The molecule has 0 aliphatic rings. The van der Waals surface area contributed by atoms with Crippen molar-refractivity contribution in [2.45, 2.75) is 19.4 Å². The van der Waals surface area contributed by atoms with Crippen molar-refractivity contribution >= 4 is 17.5 Å². The number of benzene rings is 1. The van der Waals surface area contributed by atoms with Gasteiger partial charge in [0.2, 0.25) is 0 Å². The second kappa shape index (κ2) is 6.61. The first-order valence-corrected chi connectivity index (χ1v) is 5.58. The van der Waals surface area contributed by atoms with Gasteiger partial charge in [-0.1, -0.05) is 13.0 Å². The minimum absolute atomic E-state index is 0.00463. The Kier molecular flexibility index (Phi) is 5.13. The number of aliphatic hydroxyl groups is 1. The largest absolute Gasteiger partial charge is 0.508 e. The molecule has 1 atom stereocenters. The third-order valence-corrected chi connectivity index (χ3v) is 2.36. The Morgan fingerprint density at radius 1 is 1.33 bits per heavy atom. The van der Waals surface area contributed by atoms with Gasteiger partial charge in [0, 0.05) is 11.8 Å². The number of nitrogens with one attached hydrogen (secondary N) is 2. The van der Waals surface area contributed by atoms with Crippen LogP contribution in [0.4, 0.5) is 5.69 Å². The van der Waals surface area contributed by atoms with Gasteiger partial charge in [-0.05, 0) is 18.6 Å². The number of phenols is 1. The Balaban J connectivity index is 2.57. The normalized spacial score (nSPS) is 11.7. The van der Waals surface area contributed by atoms with Crippen LogP contribution in [-0.2, 0) is 9.59 Å². The van der Waals surface area contributed by atoms with Gasteiger partial charge in [0.1, 0.15) is 5.75 Å². The highest BCUT2D eigenvalue weighted by atomic mass is 16.3. The number of aromatic hydroxyl groups is 1. The molecule has 98 valence electrons. The Morgan fingerprint density at radius 2 is 2.06 bits per heavy atom. The average Bonchev–Trinajstić information content (AvgIpc) is 2.35. The third-order valence-electron chi connectivity index (χ3n) is 2.36. The predicted octanol–water partition coefficient (Wildman–Crippen LogP) is 0.218.